The van der Waals surface area contributed by atoms with Gasteiger partial charge in [0.05, 0.1) is 5.54 Å². The third-order valence-electron chi connectivity index (χ3n) is 3.43. The van der Waals surface area contributed by atoms with Gasteiger partial charge in [0, 0.05) is 5.92 Å². The predicted octanol–water partition coefficient (Wildman–Crippen LogP) is 3.08. The first-order valence-corrected chi connectivity index (χ1v) is 6.11. The molecule has 0 aromatic heterocycles. The molecule has 3 nitrogen and oxygen atoms in total. The fourth-order valence-corrected chi connectivity index (χ4v) is 2.10. The van der Waals surface area contributed by atoms with Gasteiger partial charge in [-0.25, -0.2) is 4.79 Å². The monoisotopic (exact) mass is 244 g/mol. The fourth-order valence-electron chi connectivity index (χ4n) is 2.10. The molecule has 0 spiro atoms. The molecule has 0 aliphatic heterocycles. The highest BCUT2D eigenvalue weighted by Crippen LogP contribution is 2.46. The summed E-state index contributed by atoms with van der Waals surface area (Å²) >= 11 is 0. The molecule has 95 valence electrons. The highest BCUT2D eigenvalue weighted by atomic mass is 16.5. The number of hydrogen-bond donors (Lipinski definition) is 1. The highest BCUT2D eigenvalue weighted by molar-refractivity contribution is 5.69. The quantitative estimate of drug-likeness (QED) is 0.808. The molecule has 0 saturated heterocycles. The second-order valence-corrected chi connectivity index (χ2v) is 4.64. The van der Waals surface area contributed by atoms with Crippen LogP contribution in [0.1, 0.15) is 18.4 Å². The molecule has 1 aromatic carbocycles. The molecule has 0 bridgehead atoms. The molecule has 2 unspecified atom stereocenters. The largest absolute Gasteiger partial charge is 0.445 e. The van der Waals surface area contributed by atoms with Crippen molar-refractivity contribution < 1.29 is 9.53 Å². The molecular formula is C15H18NO2. The van der Waals surface area contributed by atoms with Gasteiger partial charge < -0.3 is 10.1 Å². The van der Waals surface area contributed by atoms with E-state index < -0.39 is 0 Å². The second kappa shape index (κ2) is 5.25. The third-order valence-corrected chi connectivity index (χ3v) is 3.43. The highest BCUT2D eigenvalue weighted by Gasteiger charge is 2.52. The zero-order chi connectivity index (χ0) is 13.0. The van der Waals surface area contributed by atoms with Crippen LogP contribution in [0, 0.1) is 12.8 Å². The van der Waals surface area contributed by atoms with E-state index in [0.29, 0.717) is 18.9 Å². The minimum atomic E-state index is -0.383. The van der Waals surface area contributed by atoms with Crippen LogP contribution in [0.4, 0.5) is 4.79 Å². The molecule has 1 aromatic rings. The van der Waals surface area contributed by atoms with E-state index in [1.54, 1.807) is 0 Å². The van der Waals surface area contributed by atoms with Crippen LogP contribution in [0.3, 0.4) is 0 Å². The van der Waals surface area contributed by atoms with Gasteiger partial charge in [-0.3, -0.25) is 0 Å². The van der Waals surface area contributed by atoms with Crippen molar-refractivity contribution in [1.29, 1.82) is 0 Å². The van der Waals surface area contributed by atoms with Crippen LogP contribution in [0.25, 0.3) is 0 Å². The molecule has 2 rings (SSSR count). The molecule has 3 heteroatoms. The first-order chi connectivity index (χ1) is 8.70. The van der Waals surface area contributed by atoms with Crippen molar-refractivity contribution >= 4 is 6.09 Å². The summed E-state index contributed by atoms with van der Waals surface area (Å²) in [6.07, 6.45) is 3.04. The maximum Gasteiger partial charge on any atom is 0.407 e. The van der Waals surface area contributed by atoms with Gasteiger partial charge in [0.25, 0.3) is 0 Å². The zero-order valence-corrected chi connectivity index (χ0v) is 10.4. The van der Waals surface area contributed by atoms with Crippen LogP contribution in [0.15, 0.2) is 43.0 Å². The number of alkyl carbamates (subject to hydrolysis) is 1. The number of benzene rings is 1. The zero-order valence-electron chi connectivity index (χ0n) is 10.4. The van der Waals surface area contributed by atoms with Crippen molar-refractivity contribution in [1.82, 2.24) is 5.32 Å². The number of nitrogens with one attached hydrogen (secondary N) is 1. The Morgan fingerprint density at radius 2 is 2.22 bits per heavy atom. The Morgan fingerprint density at radius 1 is 1.50 bits per heavy atom. The van der Waals surface area contributed by atoms with Crippen LogP contribution < -0.4 is 5.32 Å². The predicted molar refractivity (Wildman–Crippen MR) is 70.8 cm³/mol. The van der Waals surface area contributed by atoms with Crippen molar-refractivity contribution in [2.45, 2.75) is 25.0 Å². The lowest BCUT2D eigenvalue weighted by Crippen LogP contribution is -2.38. The van der Waals surface area contributed by atoms with E-state index >= 15 is 0 Å². The summed E-state index contributed by atoms with van der Waals surface area (Å²) in [6, 6.07) is 9.62. The number of ether oxygens (including phenoxy) is 1. The Bertz CT molecular complexity index is 429. The fraction of sp³-hybridized carbons (Fsp3) is 0.333. The first-order valence-electron chi connectivity index (χ1n) is 6.11. The van der Waals surface area contributed by atoms with Gasteiger partial charge in [0.15, 0.2) is 0 Å². The van der Waals surface area contributed by atoms with Gasteiger partial charge >= 0.3 is 6.09 Å². The molecule has 1 N–H and O–H groups in total. The Kier molecular flexibility index (Phi) is 3.70. The second-order valence-electron chi connectivity index (χ2n) is 4.64. The SMILES string of the molecule is [CH2]CC1(NC(=O)OCc2ccccc2)CC1C=C. The molecule has 1 fully saturated rings. The average Bonchev–Trinajstić information content (AvgIpc) is 3.11. The number of hydrogen-bond acceptors (Lipinski definition) is 2. The van der Waals surface area contributed by atoms with E-state index in [2.05, 4.69) is 18.8 Å². The lowest BCUT2D eigenvalue weighted by Gasteiger charge is -2.16. The lowest BCUT2D eigenvalue weighted by atomic mass is 10.1. The summed E-state index contributed by atoms with van der Waals surface area (Å²) in [5.74, 6) is 0.319. The Morgan fingerprint density at radius 3 is 2.78 bits per heavy atom. The van der Waals surface area contributed by atoms with Crippen LogP contribution in [0.5, 0.6) is 0 Å². The van der Waals surface area contributed by atoms with Gasteiger partial charge in [0.1, 0.15) is 6.61 Å². The van der Waals surface area contributed by atoms with Crippen LogP contribution in [-0.4, -0.2) is 11.6 Å². The number of carbonyl (C=O) groups excluding carboxylic acids is 1. The van der Waals surface area contributed by atoms with Crippen molar-refractivity contribution in [2.75, 3.05) is 0 Å². The molecule has 1 radical (unpaired) electrons. The molecular weight excluding hydrogens is 226 g/mol. The van der Waals surface area contributed by atoms with Crippen molar-refractivity contribution in [3.05, 3.63) is 55.5 Å². The van der Waals surface area contributed by atoms with Crippen molar-refractivity contribution in [3.8, 4) is 0 Å². The molecule has 18 heavy (non-hydrogen) atoms. The smallest absolute Gasteiger partial charge is 0.407 e. The molecule has 1 saturated carbocycles. The maximum absolute atomic E-state index is 11.7. The summed E-state index contributed by atoms with van der Waals surface area (Å²) in [5.41, 5.74) is 0.752. The molecule has 1 aliphatic carbocycles. The van der Waals surface area contributed by atoms with Gasteiger partial charge in [-0.15, -0.1) is 6.58 Å². The minimum Gasteiger partial charge on any atom is -0.445 e. The standard InChI is InChI=1S/C15H18NO2/c1-3-13-10-15(13,4-2)16-14(17)18-11-12-8-6-5-7-9-12/h3,5-9,13H,1-2,4,10-11H2,(H,16,17). The molecule has 1 amide bonds. The Labute approximate surface area is 108 Å². The topological polar surface area (TPSA) is 38.3 Å². The molecule has 2 atom stereocenters. The van der Waals surface area contributed by atoms with Gasteiger partial charge in [0.2, 0.25) is 0 Å². The maximum atomic E-state index is 11.7. The summed E-state index contributed by atoms with van der Waals surface area (Å²) in [5, 5.41) is 2.89. The van der Waals surface area contributed by atoms with E-state index in [0.717, 1.165) is 12.0 Å². The summed E-state index contributed by atoms with van der Waals surface area (Å²) in [4.78, 5) is 11.7. The lowest BCUT2D eigenvalue weighted by molar-refractivity contribution is 0.133. The van der Waals surface area contributed by atoms with E-state index in [-0.39, 0.29) is 11.6 Å². The average molecular weight is 244 g/mol. The summed E-state index contributed by atoms with van der Waals surface area (Å²) in [6.45, 7) is 7.91. The van der Waals surface area contributed by atoms with Crippen molar-refractivity contribution in [3.63, 3.8) is 0 Å². The third kappa shape index (κ3) is 2.73. The number of rotatable bonds is 5. The van der Waals surface area contributed by atoms with Crippen LogP contribution in [-0.2, 0) is 11.3 Å². The van der Waals surface area contributed by atoms with Crippen LogP contribution >= 0.6 is 0 Å². The van der Waals surface area contributed by atoms with E-state index in [1.165, 1.54) is 0 Å². The number of carbonyl (C=O) groups is 1. The Balaban J connectivity index is 1.81. The van der Waals surface area contributed by atoms with Crippen LogP contribution in [0.2, 0.25) is 0 Å². The van der Waals surface area contributed by atoms with Crippen molar-refractivity contribution in [2.24, 2.45) is 5.92 Å². The van der Waals surface area contributed by atoms with E-state index in [4.69, 9.17) is 4.74 Å². The normalized spacial score (nSPS) is 25.3. The first kappa shape index (κ1) is 12.7. The Hall–Kier alpha value is -1.77. The van der Waals surface area contributed by atoms with E-state index in [1.807, 2.05) is 36.4 Å². The van der Waals surface area contributed by atoms with E-state index in [9.17, 15) is 4.79 Å². The van der Waals surface area contributed by atoms with Gasteiger partial charge in [-0.2, -0.15) is 0 Å². The molecule has 1 aliphatic rings. The minimum absolute atomic E-state index is 0.227. The molecule has 0 heterocycles. The summed E-state index contributed by atoms with van der Waals surface area (Å²) < 4.78 is 5.19. The summed E-state index contributed by atoms with van der Waals surface area (Å²) in [7, 11) is 0. The van der Waals surface area contributed by atoms with Gasteiger partial charge in [-0.1, -0.05) is 43.3 Å². The number of amides is 1. The van der Waals surface area contributed by atoms with Gasteiger partial charge in [-0.05, 0) is 18.4 Å².